The fourth-order valence-corrected chi connectivity index (χ4v) is 2.21. The highest BCUT2D eigenvalue weighted by atomic mass is 19.1. The molecule has 6 nitrogen and oxygen atoms in total. The van der Waals surface area contributed by atoms with E-state index in [1.807, 2.05) is 34.0 Å². The average molecular weight is 346 g/mol. The molecule has 1 atom stereocenters. The van der Waals surface area contributed by atoms with E-state index in [2.05, 4.69) is 15.3 Å². The average Bonchev–Trinajstić information content (AvgIpc) is 2.58. The quantitative estimate of drug-likeness (QED) is 0.834. The third kappa shape index (κ3) is 5.14. The molecule has 0 aliphatic rings. The molecule has 1 N–H and O–H groups in total. The van der Waals surface area contributed by atoms with Crippen LogP contribution in [0.1, 0.15) is 24.7 Å². The summed E-state index contributed by atoms with van der Waals surface area (Å²) in [5, 5.41) is 2.79. The van der Waals surface area contributed by atoms with Gasteiger partial charge >= 0.3 is 0 Å². The van der Waals surface area contributed by atoms with Gasteiger partial charge in [0.15, 0.2) is 17.7 Å². The van der Waals surface area contributed by atoms with Crippen molar-refractivity contribution < 1.29 is 13.9 Å². The zero-order chi connectivity index (χ0) is 18.4. The van der Waals surface area contributed by atoms with Crippen molar-refractivity contribution in [1.82, 2.24) is 15.3 Å². The molecule has 0 aliphatic carbocycles. The molecule has 1 aromatic heterocycles. The predicted octanol–water partition coefficient (Wildman–Crippen LogP) is 2.46. The van der Waals surface area contributed by atoms with E-state index in [9.17, 15) is 9.18 Å². The fraction of sp³-hybridized carbons (Fsp3) is 0.389. The minimum Gasteiger partial charge on any atom is -0.478 e. The van der Waals surface area contributed by atoms with Crippen LogP contribution >= 0.6 is 0 Å². The highest BCUT2D eigenvalue weighted by Gasteiger charge is 2.19. The molecule has 2 aromatic rings. The number of aryl methyl sites for hydroxylation is 1. The first-order valence-corrected chi connectivity index (χ1v) is 8.11. The highest BCUT2D eigenvalue weighted by molar-refractivity contribution is 5.81. The van der Waals surface area contributed by atoms with Crippen LogP contribution in [-0.4, -0.2) is 36.1 Å². The molecule has 7 heteroatoms. The second-order valence-electron chi connectivity index (χ2n) is 5.86. The zero-order valence-corrected chi connectivity index (χ0v) is 14.9. The Kier molecular flexibility index (Phi) is 6.27. The monoisotopic (exact) mass is 346 g/mol. The van der Waals surface area contributed by atoms with Crippen LogP contribution in [0, 0.1) is 12.7 Å². The van der Waals surface area contributed by atoms with Gasteiger partial charge in [-0.2, -0.15) is 0 Å². The molecule has 0 saturated carbocycles. The number of halogens is 1. The molecule has 0 radical (unpaired) electrons. The molecule has 1 heterocycles. The van der Waals surface area contributed by atoms with Gasteiger partial charge in [0.1, 0.15) is 0 Å². The molecular formula is C18H23FN4O2. The van der Waals surface area contributed by atoms with Crippen LogP contribution in [0.25, 0.3) is 0 Å². The third-order valence-corrected chi connectivity index (χ3v) is 3.51. The van der Waals surface area contributed by atoms with Crippen molar-refractivity contribution in [3.05, 3.63) is 47.5 Å². The summed E-state index contributed by atoms with van der Waals surface area (Å²) in [4.78, 5) is 22.9. The number of amides is 1. The van der Waals surface area contributed by atoms with E-state index < -0.39 is 11.9 Å². The number of carbonyl (C=O) groups excluding carboxylic acids is 1. The van der Waals surface area contributed by atoms with Crippen molar-refractivity contribution >= 4 is 11.9 Å². The lowest BCUT2D eigenvalue weighted by Crippen LogP contribution is -2.38. The number of nitrogens with one attached hydrogen (secondary N) is 1. The van der Waals surface area contributed by atoms with E-state index >= 15 is 0 Å². The number of aromatic nitrogens is 2. The van der Waals surface area contributed by atoms with E-state index in [0.717, 1.165) is 5.69 Å². The number of nitrogens with zero attached hydrogens (tertiary/aromatic N) is 3. The number of anilines is 1. The van der Waals surface area contributed by atoms with Gasteiger partial charge in [-0.15, -0.1) is 0 Å². The molecule has 0 fully saturated rings. The Morgan fingerprint density at radius 3 is 2.68 bits per heavy atom. The van der Waals surface area contributed by atoms with Gasteiger partial charge in [0.2, 0.25) is 5.95 Å². The molecule has 0 saturated heterocycles. The topological polar surface area (TPSA) is 67.3 Å². The van der Waals surface area contributed by atoms with Crippen LogP contribution in [0.2, 0.25) is 0 Å². The molecule has 1 amide bonds. The fourth-order valence-electron chi connectivity index (χ4n) is 2.21. The second-order valence-corrected chi connectivity index (χ2v) is 5.86. The highest BCUT2D eigenvalue weighted by Crippen LogP contribution is 2.18. The van der Waals surface area contributed by atoms with Crippen LogP contribution in [-0.2, 0) is 11.3 Å². The first-order valence-electron chi connectivity index (χ1n) is 8.11. The number of benzene rings is 1. The number of para-hydroxylation sites is 1. The van der Waals surface area contributed by atoms with Gasteiger partial charge in [-0.3, -0.25) is 4.79 Å². The molecule has 2 rings (SSSR count). The van der Waals surface area contributed by atoms with Crippen LogP contribution in [0.3, 0.4) is 0 Å². The van der Waals surface area contributed by atoms with E-state index in [1.54, 1.807) is 17.0 Å². The first-order chi connectivity index (χ1) is 11.9. The lowest BCUT2D eigenvalue weighted by atomic mass is 10.2. The minimum atomic E-state index is -0.770. The Balaban J connectivity index is 2.02. The number of ether oxygens (including phenoxy) is 1. The standard InChI is InChI=1S/C18H23FN4O2/c1-5-15(25-16-9-7-6-8-14(16)19)17(24)20-11-13-10-12(2)21-18(22-13)23(3)4/h6-10,15H,5,11H2,1-4H3,(H,20,24). The Morgan fingerprint density at radius 2 is 2.04 bits per heavy atom. The molecule has 25 heavy (non-hydrogen) atoms. The van der Waals surface area contributed by atoms with Gasteiger partial charge < -0.3 is 15.0 Å². The van der Waals surface area contributed by atoms with Crippen LogP contribution in [0.4, 0.5) is 10.3 Å². The maximum absolute atomic E-state index is 13.7. The summed E-state index contributed by atoms with van der Waals surface area (Å²) in [5.41, 5.74) is 1.52. The molecule has 0 bridgehead atoms. The summed E-state index contributed by atoms with van der Waals surface area (Å²) >= 11 is 0. The number of rotatable bonds is 7. The van der Waals surface area contributed by atoms with Crippen molar-refractivity contribution in [2.75, 3.05) is 19.0 Å². The Bertz CT molecular complexity index is 737. The predicted molar refractivity (Wildman–Crippen MR) is 94.0 cm³/mol. The summed E-state index contributed by atoms with van der Waals surface area (Å²) in [7, 11) is 3.71. The van der Waals surface area contributed by atoms with Gasteiger partial charge in [0.25, 0.3) is 5.91 Å². The molecule has 134 valence electrons. The van der Waals surface area contributed by atoms with Crippen LogP contribution in [0.15, 0.2) is 30.3 Å². The van der Waals surface area contributed by atoms with Crippen molar-refractivity contribution in [1.29, 1.82) is 0 Å². The summed E-state index contributed by atoms with van der Waals surface area (Å²) in [6.07, 6.45) is -0.348. The number of carbonyl (C=O) groups is 1. The number of hydrogen-bond donors (Lipinski definition) is 1. The lowest BCUT2D eigenvalue weighted by Gasteiger charge is -2.18. The molecule has 1 aromatic carbocycles. The third-order valence-electron chi connectivity index (χ3n) is 3.51. The van der Waals surface area contributed by atoms with Gasteiger partial charge in [-0.05, 0) is 31.5 Å². The van der Waals surface area contributed by atoms with E-state index in [1.165, 1.54) is 12.1 Å². The zero-order valence-electron chi connectivity index (χ0n) is 14.9. The smallest absolute Gasteiger partial charge is 0.261 e. The Hall–Kier alpha value is -2.70. The maximum atomic E-state index is 13.7. The first kappa shape index (κ1) is 18.6. The summed E-state index contributed by atoms with van der Waals surface area (Å²) in [6, 6.07) is 7.85. The van der Waals surface area contributed by atoms with Gasteiger partial charge in [-0.1, -0.05) is 19.1 Å². The van der Waals surface area contributed by atoms with Gasteiger partial charge in [0.05, 0.1) is 12.2 Å². The number of hydrogen-bond acceptors (Lipinski definition) is 5. The van der Waals surface area contributed by atoms with Gasteiger partial charge in [0, 0.05) is 19.8 Å². The van der Waals surface area contributed by atoms with Gasteiger partial charge in [-0.25, -0.2) is 14.4 Å². The van der Waals surface area contributed by atoms with Crippen LogP contribution in [0.5, 0.6) is 5.75 Å². The Morgan fingerprint density at radius 1 is 1.32 bits per heavy atom. The molecule has 1 unspecified atom stereocenters. The van der Waals surface area contributed by atoms with Crippen molar-refractivity contribution in [2.24, 2.45) is 0 Å². The Labute approximate surface area is 147 Å². The van der Waals surface area contributed by atoms with E-state index in [-0.39, 0.29) is 18.2 Å². The van der Waals surface area contributed by atoms with Crippen molar-refractivity contribution in [3.63, 3.8) is 0 Å². The van der Waals surface area contributed by atoms with Crippen molar-refractivity contribution in [3.8, 4) is 5.75 Å². The largest absolute Gasteiger partial charge is 0.478 e. The van der Waals surface area contributed by atoms with E-state index in [0.29, 0.717) is 18.1 Å². The molecular weight excluding hydrogens is 323 g/mol. The van der Waals surface area contributed by atoms with E-state index in [4.69, 9.17) is 4.74 Å². The summed E-state index contributed by atoms with van der Waals surface area (Å²) in [6.45, 7) is 3.93. The van der Waals surface area contributed by atoms with Crippen molar-refractivity contribution in [2.45, 2.75) is 32.9 Å². The normalized spacial score (nSPS) is 11.7. The second kappa shape index (κ2) is 8.41. The SMILES string of the molecule is CCC(Oc1ccccc1F)C(=O)NCc1cc(C)nc(N(C)C)n1. The summed E-state index contributed by atoms with van der Waals surface area (Å²) < 4.78 is 19.2. The minimum absolute atomic E-state index is 0.0669. The van der Waals surface area contributed by atoms with Crippen LogP contribution < -0.4 is 15.0 Å². The summed E-state index contributed by atoms with van der Waals surface area (Å²) in [5.74, 6) is -0.152. The molecule has 0 aliphatic heterocycles. The maximum Gasteiger partial charge on any atom is 0.261 e. The molecule has 0 spiro atoms. The lowest BCUT2D eigenvalue weighted by molar-refractivity contribution is -0.128.